The average molecular weight is 313 g/mol. The number of nitrogens with zero attached hydrogens (tertiary/aromatic N) is 1. The van der Waals surface area contributed by atoms with Crippen molar-refractivity contribution >= 4 is 17.3 Å². The third-order valence-electron chi connectivity index (χ3n) is 4.47. The zero-order valence-electron chi connectivity index (χ0n) is 12.8. The molecule has 120 valence electrons. The van der Waals surface area contributed by atoms with Crippen LogP contribution in [-0.2, 0) is 0 Å². The van der Waals surface area contributed by atoms with Crippen LogP contribution in [0.25, 0.3) is 0 Å². The molecule has 4 nitrogen and oxygen atoms in total. The Morgan fingerprint density at radius 1 is 1.13 bits per heavy atom. The SMILES string of the molecule is NC(=O)c1ccccc1N1CCC(c2ccc(N)cc2F)CC1. The van der Waals surface area contributed by atoms with Gasteiger partial charge in [-0.2, -0.15) is 0 Å². The van der Waals surface area contributed by atoms with Crippen molar-refractivity contribution in [2.24, 2.45) is 5.73 Å². The highest BCUT2D eigenvalue weighted by atomic mass is 19.1. The third-order valence-corrected chi connectivity index (χ3v) is 4.47. The number of anilines is 2. The highest BCUT2D eigenvalue weighted by molar-refractivity contribution is 5.98. The van der Waals surface area contributed by atoms with Crippen molar-refractivity contribution in [3.8, 4) is 0 Å². The van der Waals surface area contributed by atoms with Gasteiger partial charge >= 0.3 is 0 Å². The number of halogens is 1. The number of para-hydroxylation sites is 1. The molecule has 0 aliphatic carbocycles. The molecule has 1 amide bonds. The monoisotopic (exact) mass is 313 g/mol. The van der Waals surface area contributed by atoms with Crippen molar-refractivity contribution in [1.82, 2.24) is 0 Å². The van der Waals surface area contributed by atoms with Crippen LogP contribution in [0.3, 0.4) is 0 Å². The quantitative estimate of drug-likeness (QED) is 0.856. The number of carbonyl (C=O) groups excluding carboxylic acids is 1. The van der Waals surface area contributed by atoms with E-state index < -0.39 is 5.91 Å². The molecule has 1 aliphatic heterocycles. The predicted octanol–water partition coefficient (Wildman–Crippen LogP) is 2.89. The zero-order chi connectivity index (χ0) is 16.4. The van der Waals surface area contributed by atoms with Gasteiger partial charge in [-0.1, -0.05) is 18.2 Å². The Labute approximate surface area is 134 Å². The first-order chi connectivity index (χ1) is 11.1. The molecule has 23 heavy (non-hydrogen) atoms. The van der Waals surface area contributed by atoms with Crippen LogP contribution in [-0.4, -0.2) is 19.0 Å². The van der Waals surface area contributed by atoms with E-state index in [0.29, 0.717) is 11.3 Å². The summed E-state index contributed by atoms with van der Waals surface area (Å²) in [4.78, 5) is 13.7. The number of hydrogen-bond acceptors (Lipinski definition) is 3. The molecule has 0 bridgehead atoms. The fourth-order valence-corrected chi connectivity index (χ4v) is 3.26. The van der Waals surface area contributed by atoms with Gasteiger partial charge in [-0.25, -0.2) is 4.39 Å². The largest absolute Gasteiger partial charge is 0.399 e. The molecule has 0 unspecified atom stereocenters. The van der Waals surface area contributed by atoms with Crippen LogP contribution in [0.1, 0.15) is 34.7 Å². The number of piperidine rings is 1. The van der Waals surface area contributed by atoms with Crippen molar-refractivity contribution < 1.29 is 9.18 Å². The fourth-order valence-electron chi connectivity index (χ4n) is 3.26. The lowest BCUT2D eigenvalue weighted by atomic mass is 9.88. The van der Waals surface area contributed by atoms with E-state index in [9.17, 15) is 9.18 Å². The van der Waals surface area contributed by atoms with Crippen molar-refractivity contribution in [1.29, 1.82) is 0 Å². The van der Waals surface area contributed by atoms with Gasteiger partial charge in [-0.3, -0.25) is 4.79 Å². The lowest BCUT2D eigenvalue weighted by Gasteiger charge is -2.34. The number of nitrogen functional groups attached to an aromatic ring is 1. The molecule has 0 aromatic heterocycles. The topological polar surface area (TPSA) is 72.4 Å². The van der Waals surface area contributed by atoms with Crippen LogP contribution in [0.5, 0.6) is 0 Å². The van der Waals surface area contributed by atoms with Crippen LogP contribution in [0.4, 0.5) is 15.8 Å². The van der Waals surface area contributed by atoms with Crippen LogP contribution in [0, 0.1) is 5.82 Å². The van der Waals surface area contributed by atoms with E-state index in [0.717, 1.165) is 37.2 Å². The highest BCUT2D eigenvalue weighted by Crippen LogP contribution is 2.33. The molecule has 2 aromatic carbocycles. The molecule has 4 N–H and O–H groups in total. The molecule has 1 saturated heterocycles. The van der Waals surface area contributed by atoms with E-state index in [1.54, 1.807) is 24.3 Å². The second-order valence-electron chi connectivity index (χ2n) is 5.92. The summed E-state index contributed by atoms with van der Waals surface area (Å²) in [6.45, 7) is 1.53. The maximum atomic E-state index is 14.1. The van der Waals surface area contributed by atoms with E-state index in [1.807, 2.05) is 12.1 Å². The van der Waals surface area contributed by atoms with Crippen LogP contribution >= 0.6 is 0 Å². The number of benzene rings is 2. The van der Waals surface area contributed by atoms with Gasteiger partial charge in [0.1, 0.15) is 5.82 Å². The summed E-state index contributed by atoms with van der Waals surface area (Å²) in [5, 5.41) is 0. The Morgan fingerprint density at radius 2 is 1.83 bits per heavy atom. The Kier molecular flexibility index (Phi) is 4.19. The normalized spacial score (nSPS) is 15.6. The Balaban J connectivity index is 1.75. The summed E-state index contributed by atoms with van der Waals surface area (Å²) in [6, 6.07) is 12.3. The lowest BCUT2D eigenvalue weighted by molar-refractivity contribution is 0.100. The number of rotatable bonds is 3. The van der Waals surface area contributed by atoms with E-state index >= 15 is 0 Å². The summed E-state index contributed by atoms with van der Waals surface area (Å²) < 4.78 is 14.1. The molecule has 3 rings (SSSR count). The molecule has 1 heterocycles. The van der Waals surface area contributed by atoms with E-state index in [4.69, 9.17) is 11.5 Å². The first-order valence-corrected chi connectivity index (χ1v) is 7.75. The second-order valence-corrected chi connectivity index (χ2v) is 5.92. The molecule has 0 radical (unpaired) electrons. The van der Waals surface area contributed by atoms with Gasteiger partial charge in [-0.15, -0.1) is 0 Å². The predicted molar refractivity (Wildman–Crippen MR) is 90.0 cm³/mol. The minimum Gasteiger partial charge on any atom is -0.399 e. The van der Waals surface area contributed by atoms with Gasteiger partial charge in [0.2, 0.25) is 0 Å². The van der Waals surface area contributed by atoms with E-state index in [2.05, 4.69) is 4.90 Å². The number of primary amides is 1. The van der Waals surface area contributed by atoms with Crippen molar-refractivity contribution in [2.45, 2.75) is 18.8 Å². The molecule has 1 fully saturated rings. The smallest absolute Gasteiger partial charge is 0.250 e. The zero-order valence-corrected chi connectivity index (χ0v) is 12.8. The number of amides is 1. The Hall–Kier alpha value is -2.56. The minimum atomic E-state index is -0.424. The molecule has 2 aromatic rings. The van der Waals surface area contributed by atoms with Crippen molar-refractivity contribution in [2.75, 3.05) is 23.7 Å². The first kappa shape index (κ1) is 15.3. The van der Waals surface area contributed by atoms with E-state index in [1.165, 1.54) is 6.07 Å². The Morgan fingerprint density at radius 3 is 2.48 bits per heavy atom. The van der Waals surface area contributed by atoms with Gasteiger partial charge in [0.05, 0.1) is 5.56 Å². The molecular weight excluding hydrogens is 293 g/mol. The van der Waals surface area contributed by atoms with Crippen LogP contribution in [0.15, 0.2) is 42.5 Å². The molecular formula is C18H20FN3O. The maximum Gasteiger partial charge on any atom is 0.250 e. The van der Waals surface area contributed by atoms with Crippen LogP contribution < -0.4 is 16.4 Å². The summed E-state index contributed by atoms with van der Waals surface area (Å²) in [6.07, 6.45) is 1.65. The molecule has 0 atom stereocenters. The summed E-state index contributed by atoms with van der Waals surface area (Å²) in [5.74, 6) is -0.485. The average Bonchev–Trinajstić information content (AvgIpc) is 2.55. The van der Waals surface area contributed by atoms with Crippen molar-refractivity contribution in [3.63, 3.8) is 0 Å². The number of hydrogen-bond donors (Lipinski definition) is 2. The standard InChI is InChI=1S/C18H20FN3O/c19-16-11-13(20)5-6-14(16)12-7-9-22(10-8-12)17-4-2-1-3-15(17)18(21)23/h1-6,11-12H,7-10,20H2,(H2,21,23). The summed E-state index contributed by atoms with van der Waals surface area (Å²) in [5.41, 5.74) is 13.6. The summed E-state index contributed by atoms with van der Waals surface area (Å²) in [7, 11) is 0. The van der Waals surface area contributed by atoms with Gasteiger partial charge in [-0.05, 0) is 48.6 Å². The Bertz CT molecular complexity index is 724. The van der Waals surface area contributed by atoms with Gasteiger partial charge in [0.25, 0.3) is 5.91 Å². The number of nitrogens with two attached hydrogens (primary N) is 2. The number of carbonyl (C=O) groups is 1. The first-order valence-electron chi connectivity index (χ1n) is 7.75. The fraction of sp³-hybridized carbons (Fsp3) is 0.278. The van der Waals surface area contributed by atoms with E-state index in [-0.39, 0.29) is 11.7 Å². The molecule has 0 saturated carbocycles. The second kappa shape index (κ2) is 6.28. The lowest BCUT2D eigenvalue weighted by Crippen LogP contribution is -2.34. The van der Waals surface area contributed by atoms with Crippen molar-refractivity contribution in [3.05, 3.63) is 59.4 Å². The maximum absolute atomic E-state index is 14.1. The van der Waals surface area contributed by atoms with Gasteiger partial charge in [0.15, 0.2) is 0 Å². The van der Waals surface area contributed by atoms with Crippen LogP contribution in [0.2, 0.25) is 0 Å². The highest BCUT2D eigenvalue weighted by Gasteiger charge is 2.24. The molecule has 1 aliphatic rings. The summed E-state index contributed by atoms with van der Waals surface area (Å²) >= 11 is 0. The van der Waals surface area contributed by atoms with Gasteiger partial charge < -0.3 is 16.4 Å². The molecule has 5 heteroatoms. The minimum absolute atomic E-state index is 0.174. The third kappa shape index (κ3) is 3.13. The molecule has 0 spiro atoms. The van der Waals surface area contributed by atoms with Gasteiger partial charge in [0, 0.05) is 24.5 Å².